The largest absolute Gasteiger partial charge is 0.477 e. The highest BCUT2D eigenvalue weighted by molar-refractivity contribution is 6.48. The SMILES string of the molecule is C=CCOC(=O)N1CC(C2=C(C(=O)O)N3C(=O)[C@@H]([C@@H](CO[SiH](C)C)C(C)(C)C)[C@H]3C2)CN1C(=O)N(C)C. The first-order chi connectivity index (χ1) is 17.2. The number of amides is 4. The molecule has 37 heavy (non-hydrogen) atoms. The van der Waals surface area contributed by atoms with Crippen molar-refractivity contribution in [1.82, 2.24) is 19.8 Å². The Morgan fingerprint density at radius 3 is 2.35 bits per heavy atom. The van der Waals surface area contributed by atoms with Crippen LogP contribution < -0.4 is 0 Å². The maximum absolute atomic E-state index is 13.4. The van der Waals surface area contributed by atoms with E-state index in [1.54, 1.807) is 14.1 Å². The molecule has 0 bridgehead atoms. The molecule has 0 aromatic rings. The molecule has 1 N–H and O–H groups in total. The van der Waals surface area contributed by atoms with Crippen LogP contribution in [0.5, 0.6) is 0 Å². The van der Waals surface area contributed by atoms with Gasteiger partial charge in [-0.2, -0.15) is 0 Å². The Balaban J connectivity index is 1.90. The third kappa shape index (κ3) is 5.54. The summed E-state index contributed by atoms with van der Waals surface area (Å²) in [5.74, 6) is -2.24. The van der Waals surface area contributed by atoms with Crippen molar-refractivity contribution in [3.05, 3.63) is 23.9 Å². The summed E-state index contributed by atoms with van der Waals surface area (Å²) in [5, 5.41) is 12.6. The van der Waals surface area contributed by atoms with E-state index in [1.165, 1.54) is 25.9 Å². The van der Waals surface area contributed by atoms with Crippen molar-refractivity contribution < 1.29 is 33.4 Å². The van der Waals surface area contributed by atoms with E-state index in [9.17, 15) is 24.3 Å². The third-order valence-electron chi connectivity index (χ3n) is 7.31. The van der Waals surface area contributed by atoms with E-state index in [4.69, 9.17) is 9.16 Å². The number of carboxylic acids is 1. The standard InChI is InChI=1S/C25H40N4O7Si/c1-9-10-35-24(34)28-13-15(12-27(28)23(33)26(5)6)16-11-18-19(21(30)29(18)20(16)22(31)32)17(25(2,3)4)14-36-37(7)8/h9,15,17-19,37H,1,10-14H2,2-8H3,(H,31,32)/t15?,17-,18-,19+/m1/s1. The first-order valence-corrected chi connectivity index (χ1v) is 15.4. The molecule has 4 amide bonds. The minimum atomic E-state index is -1.31. The predicted molar refractivity (Wildman–Crippen MR) is 139 cm³/mol. The quantitative estimate of drug-likeness (QED) is 0.287. The number of fused-ring (bicyclic) bond motifs is 1. The molecule has 0 aromatic carbocycles. The van der Waals surface area contributed by atoms with Gasteiger partial charge in [0.25, 0.3) is 0 Å². The molecule has 3 aliphatic heterocycles. The Bertz CT molecular complexity index is 990. The van der Waals surface area contributed by atoms with Crippen LogP contribution in [0.1, 0.15) is 27.2 Å². The van der Waals surface area contributed by atoms with Gasteiger partial charge in [0.05, 0.1) is 25.0 Å². The van der Waals surface area contributed by atoms with Crippen LogP contribution in [0.3, 0.4) is 0 Å². The first kappa shape index (κ1) is 28.7. The molecular weight excluding hydrogens is 496 g/mol. The summed E-state index contributed by atoms with van der Waals surface area (Å²) in [5.41, 5.74) is 0.341. The monoisotopic (exact) mass is 536 g/mol. The number of urea groups is 1. The lowest BCUT2D eigenvalue weighted by molar-refractivity contribution is -0.162. The molecule has 4 atom stereocenters. The first-order valence-electron chi connectivity index (χ1n) is 12.7. The van der Waals surface area contributed by atoms with Crippen molar-refractivity contribution in [2.75, 3.05) is 40.4 Å². The van der Waals surface area contributed by atoms with E-state index in [2.05, 4.69) is 40.4 Å². The minimum Gasteiger partial charge on any atom is -0.477 e. The lowest BCUT2D eigenvalue weighted by atomic mass is 9.66. The number of hydrogen-bond acceptors (Lipinski definition) is 6. The molecule has 0 radical (unpaired) electrons. The lowest BCUT2D eigenvalue weighted by Gasteiger charge is -2.50. The second kappa shape index (κ2) is 10.9. The van der Waals surface area contributed by atoms with E-state index in [-0.39, 0.29) is 54.6 Å². The molecule has 3 aliphatic rings. The molecule has 0 aromatic heterocycles. The fraction of sp³-hybridized carbons (Fsp3) is 0.680. The second-order valence-electron chi connectivity index (χ2n) is 11.4. The zero-order valence-corrected chi connectivity index (χ0v) is 24.0. The zero-order valence-electron chi connectivity index (χ0n) is 22.9. The highest BCUT2D eigenvalue weighted by Crippen LogP contribution is 2.51. The number of carboxylic acid groups (broad SMARTS) is 1. The van der Waals surface area contributed by atoms with Crippen LogP contribution in [0.25, 0.3) is 0 Å². The number of carbonyl (C=O) groups is 4. The highest BCUT2D eigenvalue weighted by Gasteiger charge is 2.60. The topological polar surface area (TPSA) is 120 Å². The number of ether oxygens (including phenoxy) is 1. The molecule has 2 saturated heterocycles. The van der Waals surface area contributed by atoms with Crippen LogP contribution in [-0.2, 0) is 18.8 Å². The summed E-state index contributed by atoms with van der Waals surface area (Å²) in [6.45, 7) is 14.6. The molecule has 12 heteroatoms. The van der Waals surface area contributed by atoms with Gasteiger partial charge in [-0.1, -0.05) is 33.4 Å². The molecule has 1 unspecified atom stereocenters. The molecule has 2 fully saturated rings. The van der Waals surface area contributed by atoms with Crippen molar-refractivity contribution in [1.29, 1.82) is 0 Å². The van der Waals surface area contributed by atoms with Gasteiger partial charge in [0.2, 0.25) is 5.91 Å². The van der Waals surface area contributed by atoms with Crippen LogP contribution in [0.4, 0.5) is 9.59 Å². The molecule has 0 spiro atoms. The maximum Gasteiger partial charge on any atom is 0.429 e. The summed E-state index contributed by atoms with van der Waals surface area (Å²) < 4.78 is 11.2. The van der Waals surface area contributed by atoms with Crippen LogP contribution in [-0.4, -0.2) is 104 Å². The number of nitrogens with zero attached hydrogens (tertiary/aromatic N) is 4. The average Bonchev–Trinajstić information content (AvgIpc) is 3.38. The molecular formula is C25H40N4O7Si. The van der Waals surface area contributed by atoms with Gasteiger partial charge in [0.15, 0.2) is 9.04 Å². The second-order valence-corrected chi connectivity index (χ2v) is 13.9. The normalized spacial score (nSPS) is 24.3. The Morgan fingerprint density at radius 2 is 1.84 bits per heavy atom. The van der Waals surface area contributed by atoms with Crippen molar-refractivity contribution in [2.24, 2.45) is 23.2 Å². The van der Waals surface area contributed by atoms with E-state index in [1.807, 2.05) is 0 Å². The molecule has 206 valence electrons. The van der Waals surface area contributed by atoms with Gasteiger partial charge in [-0.25, -0.2) is 24.4 Å². The summed E-state index contributed by atoms with van der Waals surface area (Å²) >= 11 is 0. The van der Waals surface area contributed by atoms with Gasteiger partial charge >= 0.3 is 18.1 Å². The minimum absolute atomic E-state index is 0.0192. The van der Waals surface area contributed by atoms with Crippen molar-refractivity contribution >= 4 is 33.0 Å². The van der Waals surface area contributed by atoms with Crippen LogP contribution >= 0.6 is 0 Å². The Kier molecular flexibility index (Phi) is 8.42. The number of hydrogen-bond donors (Lipinski definition) is 1. The number of β-lactam (4-membered cyclic amide) rings is 1. The van der Waals surface area contributed by atoms with Gasteiger partial charge in [0, 0.05) is 26.6 Å². The predicted octanol–water partition coefficient (Wildman–Crippen LogP) is 2.37. The van der Waals surface area contributed by atoms with Crippen molar-refractivity contribution in [3.8, 4) is 0 Å². The van der Waals surface area contributed by atoms with E-state index in [0.717, 1.165) is 0 Å². The molecule has 3 rings (SSSR count). The summed E-state index contributed by atoms with van der Waals surface area (Å²) in [6.07, 6.45) is 1.10. The van der Waals surface area contributed by atoms with Gasteiger partial charge in [-0.15, -0.1) is 0 Å². The maximum atomic E-state index is 13.4. The number of hydrazine groups is 1. The fourth-order valence-electron chi connectivity index (χ4n) is 5.45. The van der Waals surface area contributed by atoms with Gasteiger partial charge in [0.1, 0.15) is 12.3 Å². The van der Waals surface area contributed by atoms with E-state index >= 15 is 0 Å². The Morgan fingerprint density at radius 1 is 1.22 bits per heavy atom. The van der Waals surface area contributed by atoms with Crippen LogP contribution in [0, 0.1) is 23.2 Å². The number of aliphatic carboxylic acids is 1. The lowest BCUT2D eigenvalue weighted by Crippen LogP contribution is -2.63. The average molecular weight is 537 g/mol. The number of rotatable bonds is 8. The van der Waals surface area contributed by atoms with Crippen LogP contribution in [0.2, 0.25) is 13.1 Å². The Hall–Kier alpha value is -2.86. The molecule has 11 nitrogen and oxygen atoms in total. The molecule has 0 aliphatic carbocycles. The third-order valence-corrected chi connectivity index (χ3v) is 8.17. The molecule has 3 heterocycles. The van der Waals surface area contributed by atoms with Crippen molar-refractivity contribution in [2.45, 2.75) is 46.3 Å². The Labute approximate surface area is 220 Å². The summed E-state index contributed by atoms with van der Waals surface area (Å²) in [4.78, 5) is 54.2. The van der Waals surface area contributed by atoms with Gasteiger partial charge < -0.3 is 24.1 Å². The van der Waals surface area contributed by atoms with Gasteiger partial charge in [-0.05, 0) is 36.4 Å². The van der Waals surface area contributed by atoms with E-state index < -0.39 is 33.1 Å². The van der Waals surface area contributed by atoms with Gasteiger partial charge in [-0.3, -0.25) is 4.79 Å². The summed E-state index contributed by atoms with van der Waals surface area (Å²) in [6, 6.07) is -0.705. The zero-order chi connectivity index (χ0) is 27.8. The summed E-state index contributed by atoms with van der Waals surface area (Å²) in [7, 11) is 1.83. The van der Waals surface area contributed by atoms with Crippen molar-refractivity contribution in [3.63, 3.8) is 0 Å². The van der Waals surface area contributed by atoms with Crippen LogP contribution in [0.15, 0.2) is 23.9 Å². The fourth-order valence-corrected chi connectivity index (χ4v) is 6.04. The van der Waals surface area contributed by atoms with E-state index in [0.29, 0.717) is 18.6 Å². The molecule has 0 saturated carbocycles. The number of carbonyl (C=O) groups excluding carboxylic acids is 3. The smallest absolute Gasteiger partial charge is 0.429 e. The highest BCUT2D eigenvalue weighted by atomic mass is 28.3.